The van der Waals surface area contributed by atoms with E-state index in [0.29, 0.717) is 11.1 Å². The van der Waals surface area contributed by atoms with Crippen molar-refractivity contribution in [2.24, 2.45) is 0 Å². The summed E-state index contributed by atoms with van der Waals surface area (Å²) in [6, 6.07) is 5.02. The molecule has 0 aliphatic rings. The number of aliphatic hydroxyl groups is 1. The van der Waals surface area contributed by atoms with Gasteiger partial charge in [-0.15, -0.1) is 0 Å². The van der Waals surface area contributed by atoms with Gasteiger partial charge in [-0.1, -0.05) is 19.1 Å². The molecule has 1 atom stereocenters. The molecule has 0 bridgehead atoms. The zero-order valence-electron chi connectivity index (χ0n) is 12.5. The molecule has 0 aliphatic carbocycles. The molecule has 0 heterocycles. The van der Waals surface area contributed by atoms with Gasteiger partial charge in [0.25, 0.3) is 0 Å². The lowest BCUT2D eigenvalue weighted by Gasteiger charge is -2.26. The highest BCUT2D eigenvalue weighted by atomic mass is 32.2. The second-order valence-corrected chi connectivity index (χ2v) is 7.67. The van der Waals surface area contributed by atoms with Gasteiger partial charge in [-0.05, 0) is 36.8 Å². The molecule has 1 rings (SSSR count). The van der Waals surface area contributed by atoms with E-state index >= 15 is 0 Å². The third-order valence-electron chi connectivity index (χ3n) is 3.44. The van der Waals surface area contributed by atoms with Crippen molar-refractivity contribution in [2.75, 3.05) is 19.1 Å². The molecule has 114 valence electrons. The average Bonchev–Trinajstić information content (AvgIpc) is 2.44. The molecule has 0 fully saturated rings. The van der Waals surface area contributed by atoms with Crippen LogP contribution in [0.1, 0.15) is 24.5 Å². The van der Waals surface area contributed by atoms with Crippen molar-refractivity contribution in [1.29, 1.82) is 0 Å². The fourth-order valence-electron chi connectivity index (χ4n) is 2.04. The van der Waals surface area contributed by atoms with Crippen LogP contribution in [0, 0.1) is 6.92 Å². The van der Waals surface area contributed by atoms with Gasteiger partial charge in [-0.25, -0.2) is 8.42 Å². The van der Waals surface area contributed by atoms with E-state index in [9.17, 15) is 13.5 Å². The third kappa shape index (κ3) is 3.75. The smallest absolute Gasteiger partial charge is 0.243 e. The van der Waals surface area contributed by atoms with E-state index in [2.05, 4.69) is 0 Å². The van der Waals surface area contributed by atoms with E-state index < -0.39 is 10.0 Å². The molecule has 0 saturated heterocycles. The first-order chi connectivity index (χ1) is 9.38. The predicted molar refractivity (Wildman–Crippen MR) is 84.5 cm³/mol. The fourth-order valence-corrected chi connectivity index (χ4v) is 4.68. The van der Waals surface area contributed by atoms with Crippen LogP contribution >= 0.6 is 11.8 Å². The molecule has 0 aliphatic heterocycles. The molecule has 6 heteroatoms. The largest absolute Gasteiger partial charge is 0.392 e. The molecule has 4 nitrogen and oxygen atoms in total. The first kappa shape index (κ1) is 17.5. The highest BCUT2D eigenvalue weighted by Gasteiger charge is 2.28. The SMILES string of the molecule is CCC(CSC)N(C)S(=O)(=O)c1cc(CO)ccc1C. The van der Waals surface area contributed by atoms with Crippen LogP contribution in [0.3, 0.4) is 0 Å². The number of rotatable bonds is 7. The van der Waals surface area contributed by atoms with Crippen LogP contribution in [-0.4, -0.2) is 42.9 Å². The van der Waals surface area contributed by atoms with Crippen molar-refractivity contribution in [1.82, 2.24) is 4.31 Å². The second-order valence-electron chi connectivity index (χ2n) is 4.80. The van der Waals surface area contributed by atoms with Gasteiger partial charge in [-0.2, -0.15) is 16.1 Å². The van der Waals surface area contributed by atoms with Crippen molar-refractivity contribution in [3.05, 3.63) is 29.3 Å². The number of aliphatic hydroxyl groups excluding tert-OH is 1. The molecule has 1 aromatic rings. The van der Waals surface area contributed by atoms with Gasteiger partial charge in [0.2, 0.25) is 10.0 Å². The third-order valence-corrected chi connectivity index (χ3v) is 6.21. The Bertz CT molecular complexity index is 543. The molecule has 0 radical (unpaired) electrons. The van der Waals surface area contributed by atoms with Gasteiger partial charge in [0.05, 0.1) is 11.5 Å². The van der Waals surface area contributed by atoms with Gasteiger partial charge < -0.3 is 5.11 Å². The monoisotopic (exact) mass is 317 g/mol. The Morgan fingerprint density at radius 2 is 2.05 bits per heavy atom. The van der Waals surface area contributed by atoms with Crippen LogP contribution in [0.4, 0.5) is 0 Å². The zero-order valence-corrected chi connectivity index (χ0v) is 14.1. The highest BCUT2D eigenvalue weighted by molar-refractivity contribution is 7.98. The van der Waals surface area contributed by atoms with Crippen molar-refractivity contribution in [2.45, 2.75) is 37.8 Å². The molecule has 0 aromatic heterocycles. The number of aryl methyl sites for hydroxylation is 1. The fraction of sp³-hybridized carbons (Fsp3) is 0.571. The Hall–Kier alpha value is -0.560. The molecule has 0 amide bonds. The molecule has 1 unspecified atom stereocenters. The number of hydrogen-bond donors (Lipinski definition) is 1. The summed E-state index contributed by atoms with van der Waals surface area (Å²) in [5.41, 5.74) is 1.31. The quantitative estimate of drug-likeness (QED) is 0.838. The maximum atomic E-state index is 12.7. The minimum absolute atomic E-state index is 0.0211. The van der Waals surface area contributed by atoms with Crippen LogP contribution in [0.25, 0.3) is 0 Å². The molecular weight excluding hydrogens is 294 g/mol. The minimum Gasteiger partial charge on any atom is -0.392 e. The Morgan fingerprint density at radius 1 is 1.40 bits per heavy atom. The van der Waals surface area contributed by atoms with Crippen LogP contribution in [0.5, 0.6) is 0 Å². The molecule has 1 aromatic carbocycles. The van der Waals surface area contributed by atoms with Gasteiger partial charge in [-0.3, -0.25) is 0 Å². The normalized spacial score (nSPS) is 13.7. The Morgan fingerprint density at radius 3 is 2.55 bits per heavy atom. The molecule has 20 heavy (non-hydrogen) atoms. The lowest BCUT2D eigenvalue weighted by Crippen LogP contribution is -2.38. The van der Waals surface area contributed by atoms with E-state index in [-0.39, 0.29) is 17.5 Å². The molecule has 0 spiro atoms. The van der Waals surface area contributed by atoms with E-state index in [4.69, 9.17) is 0 Å². The van der Waals surface area contributed by atoms with Gasteiger partial charge in [0.15, 0.2) is 0 Å². The van der Waals surface area contributed by atoms with Gasteiger partial charge >= 0.3 is 0 Å². The molecule has 0 saturated carbocycles. The lowest BCUT2D eigenvalue weighted by molar-refractivity contribution is 0.281. The minimum atomic E-state index is -3.53. The Labute approximate surface area is 126 Å². The summed E-state index contributed by atoms with van der Waals surface area (Å²) in [5.74, 6) is 0.769. The van der Waals surface area contributed by atoms with Crippen molar-refractivity contribution in [3.63, 3.8) is 0 Å². The summed E-state index contributed by atoms with van der Waals surface area (Å²) < 4.78 is 26.9. The predicted octanol–water partition coefficient (Wildman–Crippen LogP) is 2.25. The number of thioether (sulfide) groups is 1. The summed E-state index contributed by atoms with van der Waals surface area (Å²) in [6.45, 7) is 3.61. The maximum Gasteiger partial charge on any atom is 0.243 e. The molecular formula is C14H23NO3S2. The van der Waals surface area contributed by atoms with E-state index in [1.54, 1.807) is 43.9 Å². The van der Waals surface area contributed by atoms with Crippen LogP contribution < -0.4 is 0 Å². The van der Waals surface area contributed by atoms with E-state index in [0.717, 1.165) is 12.2 Å². The number of benzene rings is 1. The number of hydrogen-bond acceptors (Lipinski definition) is 4. The highest BCUT2D eigenvalue weighted by Crippen LogP contribution is 2.23. The van der Waals surface area contributed by atoms with Crippen LogP contribution in [-0.2, 0) is 16.6 Å². The number of nitrogens with zero attached hydrogens (tertiary/aromatic N) is 1. The standard InChI is InChI=1S/C14H23NO3S2/c1-5-13(10-19-4)15(3)20(17,18)14-8-12(9-16)7-6-11(14)2/h6-8,13,16H,5,9-10H2,1-4H3. The second kappa shape index (κ2) is 7.45. The summed E-state index contributed by atoms with van der Waals surface area (Å²) >= 11 is 1.64. The number of sulfonamides is 1. The van der Waals surface area contributed by atoms with Crippen molar-refractivity contribution >= 4 is 21.8 Å². The Balaban J connectivity index is 3.21. The average molecular weight is 317 g/mol. The topological polar surface area (TPSA) is 57.6 Å². The van der Waals surface area contributed by atoms with Crippen molar-refractivity contribution in [3.8, 4) is 0 Å². The zero-order chi connectivity index (χ0) is 15.3. The maximum absolute atomic E-state index is 12.7. The molecule has 1 N–H and O–H groups in total. The summed E-state index contributed by atoms with van der Waals surface area (Å²) in [7, 11) is -1.90. The first-order valence-corrected chi connectivity index (χ1v) is 9.39. The van der Waals surface area contributed by atoms with E-state index in [1.807, 2.05) is 13.2 Å². The summed E-state index contributed by atoms with van der Waals surface area (Å²) in [4.78, 5) is 0.283. The summed E-state index contributed by atoms with van der Waals surface area (Å²) in [6.07, 6.45) is 2.75. The van der Waals surface area contributed by atoms with E-state index in [1.165, 1.54) is 4.31 Å². The first-order valence-electron chi connectivity index (χ1n) is 6.55. The van der Waals surface area contributed by atoms with Gasteiger partial charge in [0, 0.05) is 18.8 Å². The lowest BCUT2D eigenvalue weighted by atomic mass is 10.2. The van der Waals surface area contributed by atoms with Crippen LogP contribution in [0.2, 0.25) is 0 Å². The Kier molecular flexibility index (Phi) is 6.51. The van der Waals surface area contributed by atoms with Crippen molar-refractivity contribution < 1.29 is 13.5 Å². The van der Waals surface area contributed by atoms with Gasteiger partial charge in [0.1, 0.15) is 0 Å². The van der Waals surface area contributed by atoms with Crippen LogP contribution in [0.15, 0.2) is 23.1 Å². The summed E-state index contributed by atoms with van der Waals surface area (Å²) in [5, 5.41) is 9.19.